The molecule has 0 aliphatic heterocycles. The first-order valence-corrected chi connectivity index (χ1v) is 7.27. The van der Waals surface area contributed by atoms with Crippen LogP contribution in [0.1, 0.15) is 22.4 Å². The number of aliphatic carboxylic acids is 1. The van der Waals surface area contributed by atoms with Gasteiger partial charge in [0.05, 0.1) is 6.42 Å². The number of carboxylic acid groups (broad SMARTS) is 1. The summed E-state index contributed by atoms with van der Waals surface area (Å²) in [5, 5.41) is 10.1. The molecule has 2 heterocycles. The van der Waals surface area contributed by atoms with Crippen molar-refractivity contribution in [1.29, 1.82) is 0 Å². The third kappa shape index (κ3) is 2.48. The van der Waals surface area contributed by atoms with Crippen molar-refractivity contribution < 1.29 is 9.90 Å². The highest BCUT2D eigenvalue weighted by Gasteiger charge is 2.17. The molecule has 1 N–H and O–H groups in total. The molecule has 0 unspecified atom stereocenters. The van der Waals surface area contributed by atoms with Crippen molar-refractivity contribution in [3.05, 3.63) is 65.0 Å². The maximum Gasteiger partial charge on any atom is 0.307 e. The monoisotopic (exact) mass is 294 g/mol. The van der Waals surface area contributed by atoms with Gasteiger partial charge in [0.2, 0.25) is 0 Å². The highest BCUT2D eigenvalue weighted by atomic mass is 16.4. The van der Waals surface area contributed by atoms with Gasteiger partial charge in [0, 0.05) is 23.8 Å². The third-order valence-electron chi connectivity index (χ3n) is 4.13. The molecular weight excluding hydrogens is 276 g/mol. The lowest BCUT2D eigenvalue weighted by Crippen LogP contribution is -2.06. The molecule has 0 amide bonds. The summed E-state index contributed by atoms with van der Waals surface area (Å²) in [5.41, 5.74) is 5.11. The summed E-state index contributed by atoms with van der Waals surface area (Å²) in [6.45, 7) is 4.76. The number of carbonyl (C=O) groups is 1. The van der Waals surface area contributed by atoms with Gasteiger partial charge in [0.15, 0.2) is 0 Å². The molecule has 4 heteroatoms. The Kier molecular flexibility index (Phi) is 3.67. The molecule has 1 aromatic carbocycles. The first-order valence-electron chi connectivity index (χ1n) is 7.27. The predicted molar refractivity (Wildman–Crippen MR) is 86.1 cm³/mol. The van der Waals surface area contributed by atoms with E-state index in [1.807, 2.05) is 31.2 Å². The van der Waals surface area contributed by atoms with Gasteiger partial charge in [-0.05, 0) is 42.7 Å². The largest absolute Gasteiger partial charge is 0.481 e. The van der Waals surface area contributed by atoms with Crippen LogP contribution in [0.3, 0.4) is 0 Å². The van der Waals surface area contributed by atoms with Crippen LogP contribution < -0.4 is 0 Å². The molecule has 0 bridgehead atoms. The van der Waals surface area contributed by atoms with E-state index in [4.69, 9.17) is 5.11 Å². The predicted octanol–water partition coefficient (Wildman–Crippen LogP) is 3.33. The minimum absolute atomic E-state index is 0.0226. The Morgan fingerprint density at radius 2 is 1.95 bits per heavy atom. The van der Waals surface area contributed by atoms with Crippen molar-refractivity contribution >= 4 is 17.0 Å². The molecule has 3 rings (SSSR count). The Balaban J connectivity index is 2.15. The topological polar surface area (TPSA) is 55.1 Å². The smallest absolute Gasteiger partial charge is 0.307 e. The van der Waals surface area contributed by atoms with Crippen molar-refractivity contribution in [3.8, 4) is 0 Å². The maximum absolute atomic E-state index is 11.2. The van der Waals surface area contributed by atoms with Gasteiger partial charge in [0.25, 0.3) is 0 Å². The van der Waals surface area contributed by atoms with Crippen molar-refractivity contribution in [2.24, 2.45) is 0 Å². The van der Waals surface area contributed by atoms with Crippen molar-refractivity contribution in [1.82, 2.24) is 9.55 Å². The Labute approximate surface area is 129 Å². The van der Waals surface area contributed by atoms with Crippen LogP contribution >= 0.6 is 0 Å². The number of aromatic nitrogens is 2. The molecule has 0 spiro atoms. The van der Waals surface area contributed by atoms with Gasteiger partial charge < -0.3 is 9.67 Å². The fraction of sp³-hybridized carbons (Fsp3) is 0.222. The van der Waals surface area contributed by atoms with E-state index in [0.717, 1.165) is 22.3 Å². The second-order valence-corrected chi connectivity index (χ2v) is 5.52. The average Bonchev–Trinajstić information content (AvgIpc) is 2.75. The third-order valence-corrected chi connectivity index (χ3v) is 4.13. The zero-order chi connectivity index (χ0) is 15.7. The van der Waals surface area contributed by atoms with E-state index in [9.17, 15) is 4.79 Å². The number of fused-ring (bicyclic) bond motifs is 1. The summed E-state index contributed by atoms with van der Waals surface area (Å²) in [6.07, 6.45) is 1.77. The lowest BCUT2D eigenvalue weighted by atomic mass is 10.1. The van der Waals surface area contributed by atoms with Crippen LogP contribution in [0, 0.1) is 13.8 Å². The van der Waals surface area contributed by atoms with Crippen LogP contribution in [0.5, 0.6) is 0 Å². The standard InChI is InChI=1S/C18H18N2O2/c1-12-6-3-4-7-14(12)11-20-13(2)16(10-17(21)22)15-8-5-9-19-18(15)20/h3-9H,10-11H2,1-2H3,(H,21,22). The fourth-order valence-corrected chi connectivity index (χ4v) is 2.89. The van der Waals surface area contributed by atoms with Crippen LogP contribution in [-0.4, -0.2) is 20.6 Å². The second-order valence-electron chi connectivity index (χ2n) is 5.52. The number of hydrogen-bond donors (Lipinski definition) is 1. The number of pyridine rings is 1. The molecule has 0 radical (unpaired) electrons. The van der Waals surface area contributed by atoms with E-state index in [-0.39, 0.29) is 6.42 Å². The van der Waals surface area contributed by atoms with Gasteiger partial charge in [-0.15, -0.1) is 0 Å². The Morgan fingerprint density at radius 3 is 2.68 bits per heavy atom. The molecule has 2 aromatic heterocycles. The van der Waals surface area contributed by atoms with E-state index < -0.39 is 5.97 Å². The van der Waals surface area contributed by atoms with Gasteiger partial charge >= 0.3 is 5.97 Å². The lowest BCUT2D eigenvalue weighted by molar-refractivity contribution is -0.136. The zero-order valence-electron chi connectivity index (χ0n) is 12.7. The molecule has 0 saturated carbocycles. The molecule has 112 valence electrons. The van der Waals surface area contributed by atoms with Crippen LogP contribution in [0.15, 0.2) is 42.6 Å². The van der Waals surface area contributed by atoms with Crippen molar-refractivity contribution in [3.63, 3.8) is 0 Å². The highest BCUT2D eigenvalue weighted by Crippen LogP contribution is 2.26. The quantitative estimate of drug-likeness (QED) is 0.803. The Hall–Kier alpha value is -2.62. The molecule has 0 fully saturated rings. The summed E-state index contributed by atoms with van der Waals surface area (Å²) in [4.78, 5) is 15.6. The molecular formula is C18H18N2O2. The molecule has 0 saturated heterocycles. The summed E-state index contributed by atoms with van der Waals surface area (Å²) in [6, 6.07) is 12.0. The first kappa shape index (κ1) is 14.3. The molecule has 0 atom stereocenters. The SMILES string of the molecule is Cc1ccccc1Cn1c(C)c(CC(=O)O)c2cccnc21. The highest BCUT2D eigenvalue weighted by molar-refractivity contribution is 5.86. The molecule has 4 nitrogen and oxygen atoms in total. The maximum atomic E-state index is 11.2. The summed E-state index contributed by atoms with van der Waals surface area (Å²) in [5.74, 6) is -0.818. The van der Waals surface area contributed by atoms with Gasteiger partial charge in [-0.2, -0.15) is 0 Å². The average molecular weight is 294 g/mol. The van der Waals surface area contributed by atoms with Crippen LogP contribution in [0.4, 0.5) is 0 Å². The number of rotatable bonds is 4. The molecule has 0 aliphatic carbocycles. The first-order chi connectivity index (χ1) is 10.6. The van der Waals surface area contributed by atoms with Crippen molar-refractivity contribution in [2.75, 3.05) is 0 Å². The minimum atomic E-state index is -0.818. The van der Waals surface area contributed by atoms with Crippen LogP contribution in [0.2, 0.25) is 0 Å². The number of benzene rings is 1. The second kappa shape index (κ2) is 5.64. The summed E-state index contributed by atoms with van der Waals surface area (Å²) >= 11 is 0. The number of hydrogen-bond acceptors (Lipinski definition) is 2. The normalized spacial score (nSPS) is 11.0. The Morgan fingerprint density at radius 1 is 1.18 bits per heavy atom. The summed E-state index contributed by atoms with van der Waals surface area (Å²) < 4.78 is 2.11. The zero-order valence-corrected chi connectivity index (χ0v) is 12.7. The molecule has 3 aromatic rings. The van der Waals surface area contributed by atoms with E-state index in [0.29, 0.717) is 6.54 Å². The summed E-state index contributed by atoms with van der Waals surface area (Å²) in [7, 11) is 0. The molecule has 22 heavy (non-hydrogen) atoms. The van der Waals surface area contributed by atoms with Crippen LogP contribution in [0.25, 0.3) is 11.0 Å². The van der Waals surface area contributed by atoms with Gasteiger partial charge in [0.1, 0.15) is 5.65 Å². The number of aryl methyl sites for hydroxylation is 1. The Bertz CT molecular complexity index is 849. The minimum Gasteiger partial charge on any atom is -0.481 e. The number of nitrogens with zero attached hydrogens (tertiary/aromatic N) is 2. The van der Waals surface area contributed by atoms with Crippen molar-refractivity contribution in [2.45, 2.75) is 26.8 Å². The molecule has 0 aliphatic rings. The van der Waals surface area contributed by atoms with Crippen LogP contribution in [-0.2, 0) is 17.8 Å². The van der Waals surface area contributed by atoms with E-state index in [2.05, 4.69) is 28.6 Å². The van der Waals surface area contributed by atoms with E-state index in [1.54, 1.807) is 6.20 Å². The van der Waals surface area contributed by atoms with Gasteiger partial charge in [-0.3, -0.25) is 4.79 Å². The number of carboxylic acids is 1. The van der Waals surface area contributed by atoms with E-state index >= 15 is 0 Å². The van der Waals surface area contributed by atoms with Gasteiger partial charge in [-0.25, -0.2) is 4.98 Å². The lowest BCUT2D eigenvalue weighted by Gasteiger charge is -2.10. The van der Waals surface area contributed by atoms with Gasteiger partial charge in [-0.1, -0.05) is 24.3 Å². The fourth-order valence-electron chi connectivity index (χ4n) is 2.89. The van der Waals surface area contributed by atoms with E-state index in [1.165, 1.54) is 11.1 Å².